The number of ether oxygens (including phenoxy) is 1. The summed E-state index contributed by atoms with van der Waals surface area (Å²) in [6.07, 6.45) is 2.64. The summed E-state index contributed by atoms with van der Waals surface area (Å²) in [5.74, 6) is -0.332. The largest absolute Gasteiger partial charge is 0.462 e. The predicted octanol–water partition coefficient (Wildman–Crippen LogP) is 4.02. The number of nitrogens with one attached hydrogen (secondary N) is 2. The molecule has 0 aliphatic carbocycles. The summed E-state index contributed by atoms with van der Waals surface area (Å²) in [5.41, 5.74) is 2.75. The second-order valence-corrected chi connectivity index (χ2v) is 7.15. The van der Waals surface area contributed by atoms with E-state index in [1.54, 1.807) is 43.3 Å². The van der Waals surface area contributed by atoms with Gasteiger partial charge < -0.3 is 19.8 Å². The molecule has 1 aromatic heterocycles. The molecule has 0 saturated heterocycles. The Hall–Kier alpha value is -4.13. The van der Waals surface area contributed by atoms with Gasteiger partial charge >= 0.3 is 5.97 Å². The topological polar surface area (TPSA) is 97.6 Å². The fraction of sp³-hybridized carbons (Fsp3) is 0.160. The molecule has 0 saturated carbocycles. The number of hydrogen-bond acceptors (Lipinski definition) is 5. The molecule has 164 valence electrons. The van der Waals surface area contributed by atoms with Crippen LogP contribution in [-0.4, -0.2) is 24.4 Å². The first-order valence-corrected chi connectivity index (χ1v) is 10.0. The Bertz CT molecular complexity index is 1130. The van der Waals surface area contributed by atoms with Crippen LogP contribution in [0.1, 0.15) is 33.0 Å². The third kappa shape index (κ3) is 6.70. The van der Waals surface area contributed by atoms with Crippen LogP contribution < -0.4 is 10.6 Å². The van der Waals surface area contributed by atoms with Gasteiger partial charge in [-0.25, -0.2) is 4.79 Å². The lowest BCUT2D eigenvalue weighted by Crippen LogP contribution is -2.26. The molecular weight excluding hydrogens is 408 g/mol. The molecule has 2 amide bonds. The number of furan rings is 1. The maximum atomic E-state index is 12.6. The minimum atomic E-state index is -0.682. The van der Waals surface area contributed by atoms with E-state index < -0.39 is 18.5 Å². The van der Waals surface area contributed by atoms with Gasteiger partial charge in [0.05, 0.1) is 11.3 Å². The van der Waals surface area contributed by atoms with Gasteiger partial charge in [-0.3, -0.25) is 9.59 Å². The number of esters is 1. The average Bonchev–Trinajstić information content (AvgIpc) is 3.21. The molecule has 0 atom stereocenters. The normalized spacial score (nSPS) is 10.7. The van der Waals surface area contributed by atoms with Gasteiger partial charge in [0.1, 0.15) is 11.5 Å². The average molecular weight is 432 g/mol. The number of carbonyl (C=O) groups excluding carboxylic acids is 3. The smallest absolute Gasteiger partial charge is 0.331 e. The molecule has 2 N–H and O–H groups in total. The number of anilines is 1. The Kier molecular flexibility index (Phi) is 7.59. The van der Waals surface area contributed by atoms with Gasteiger partial charge in [0.25, 0.3) is 11.8 Å². The van der Waals surface area contributed by atoms with Gasteiger partial charge in [-0.15, -0.1) is 0 Å². The van der Waals surface area contributed by atoms with Gasteiger partial charge in [0.2, 0.25) is 0 Å². The van der Waals surface area contributed by atoms with Gasteiger partial charge in [0.15, 0.2) is 6.61 Å². The lowest BCUT2D eigenvalue weighted by atomic mass is 10.1. The maximum absolute atomic E-state index is 12.6. The second kappa shape index (κ2) is 10.8. The van der Waals surface area contributed by atoms with E-state index in [2.05, 4.69) is 10.6 Å². The molecule has 32 heavy (non-hydrogen) atoms. The minimum Gasteiger partial charge on any atom is -0.462 e. The Morgan fingerprint density at radius 2 is 1.72 bits per heavy atom. The van der Waals surface area contributed by atoms with Crippen molar-refractivity contribution in [2.75, 3.05) is 11.9 Å². The Morgan fingerprint density at radius 3 is 2.44 bits per heavy atom. The molecule has 0 fully saturated rings. The Balaban J connectivity index is 1.52. The zero-order valence-electron chi connectivity index (χ0n) is 17.9. The molecule has 7 nitrogen and oxygen atoms in total. The van der Waals surface area contributed by atoms with E-state index in [0.717, 1.165) is 16.9 Å². The first kappa shape index (κ1) is 22.6. The van der Waals surface area contributed by atoms with Crippen molar-refractivity contribution >= 4 is 29.5 Å². The van der Waals surface area contributed by atoms with Crippen molar-refractivity contribution in [3.8, 4) is 0 Å². The van der Waals surface area contributed by atoms with Crippen LogP contribution in [-0.2, 0) is 20.9 Å². The molecule has 0 spiro atoms. The second-order valence-electron chi connectivity index (χ2n) is 7.15. The molecule has 0 aliphatic heterocycles. The van der Waals surface area contributed by atoms with E-state index in [1.165, 1.54) is 12.2 Å². The summed E-state index contributed by atoms with van der Waals surface area (Å²) in [6, 6.07) is 17.9. The van der Waals surface area contributed by atoms with Crippen LogP contribution in [0.4, 0.5) is 5.69 Å². The lowest BCUT2D eigenvalue weighted by Gasteiger charge is -2.11. The van der Waals surface area contributed by atoms with E-state index in [9.17, 15) is 14.4 Å². The van der Waals surface area contributed by atoms with Crippen LogP contribution >= 0.6 is 0 Å². The number of amides is 2. The number of hydrogen-bond donors (Lipinski definition) is 2. The monoisotopic (exact) mass is 432 g/mol. The van der Waals surface area contributed by atoms with Gasteiger partial charge in [-0.2, -0.15) is 0 Å². The van der Waals surface area contributed by atoms with Crippen LogP contribution in [0.3, 0.4) is 0 Å². The predicted molar refractivity (Wildman–Crippen MR) is 121 cm³/mol. The van der Waals surface area contributed by atoms with Crippen molar-refractivity contribution in [2.24, 2.45) is 0 Å². The number of aryl methyl sites for hydroxylation is 2. The third-order valence-corrected chi connectivity index (χ3v) is 4.51. The molecule has 0 unspecified atom stereocenters. The molecule has 0 radical (unpaired) electrons. The molecule has 0 aliphatic rings. The van der Waals surface area contributed by atoms with Gasteiger partial charge in [-0.1, -0.05) is 42.0 Å². The molecular formula is C25H24N2O5. The molecule has 3 aromatic rings. The van der Waals surface area contributed by atoms with E-state index >= 15 is 0 Å². The molecule has 7 heteroatoms. The lowest BCUT2D eigenvalue weighted by molar-refractivity contribution is -0.142. The van der Waals surface area contributed by atoms with Crippen LogP contribution in [0.5, 0.6) is 0 Å². The third-order valence-electron chi connectivity index (χ3n) is 4.51. The van der Waals surface area contributed by atoms with Gasteiger partial charge in [0, 0.05) is 12.6 Å². The standard InChI is InChI=1S/C25H24N2O5/c1-17-7-10-19(11-8-17)15-26-25(30)21-5-3-4-6-22(21)27-23(28)16-31-24(29)14-13-20-12-9-18(2)32-20/h3-14H,15-16H2,1-2H3,(H,26,30)(H,27,28)/b14-13+. The van der Waals surface area contributed by atoms with Crippen molar-refractivity contribution in [3.05, 3.63) is 95.0 Å². The quantitative estimate of drug-likeness (QED) is 0.414. The number of rotatable bonds is 8. The molecule has 1 heterocycles. The molecule has 0 bridgehead atoms. The minimum absolute atomic E-state index is 0.312. The first-order valence-electron chi connectivity index (χ1n) is 10.0. The number of para-hydroxylation sites is 1. The first-order chi connectivity index (χ1) is 15.4. The van der Waals surface area contributed by atoms with E-state index in [4.69, 9.17) is 9.15 Å². The highest BCUT2D eigenvalue weighted by molar-refractivity contribution is 6.04. The van der Waals surface area contributed by atoms with Crippen molar-refractivity contribution < 1.29 is 23.5 Å². The summed E-state index contributed by atoms with van der Waals surface area (Å²) in [5, 5.41) is 5.45. The SMILES string of the molecule is Cc1ccc(CNC(=O)c2ccccc2NC(=O)COC(=O)/C=C/c2ccc(C)o2)cc1. The summed E-state index contributed by atoms with van der Waals surface area (Å²) in [4.78, 5) is 36.6. The Labute approximate surface area is 186 Å². The fourth-order valence-electron chi connectivity index (χ4n) is 2.84. The summed E-state index contributed by atoms with van der Waals surface area (Å²) >= 11 is 0. The van der Waals surface area contributed by atoms with Crippen molar-refractivity contribution in [2.45, 2.75) is 20.4 Å². The fourth-order valence-corrected chi connectivity index (χ4v) is 2.84. The maximum Gasteiger partial charge on any atom is 0.331 e. The molecule has 2 aromatic carbocycles. The van der Waals surface area contributed by atoms with Crippen LogP contribution in [0.2, 0.25) is 0 Å². The number of carbonyl (C=O) groups is 3. The van der Waals surface area contributed by atoms with E-state index in [0.29, 0.717) is 23.6 Å². The van der Waals surface area contributed by atoms with Crippen molar-refractivity contribution in [1.29, 1.82) is 0 Å². The summed E-state index contributed by atoms with van der Waals surface area (Å²) in [6.45, 7) is 3.66. The highest BCUT2D eigenvalue weighted by Gasteiger charge is 2.14. The Morgan fingerprint density at radius 1 is 0.969 bits per heavy atom. The van der Waals surface area contributed by atoms with Crippen molar-refractivity contribution in [3.63, 3.8) is 0 Å². The van der Waals surface area contributed by atoms with Gasteiger partial charge in [-0.05, 0) is 49.8 Å². The van der Waals surface area contributed by atoms with Crippen LogP contribution in [0.15, 0.2) is 71.2 Å². The van der Waals surface area contributed by atoms with Crippen LogP contribution in [0, 0.1) is 13.8 Å². The molecule has 3 rings (SSSR count). The summed E-state index contributed by atoms with van der Waals surface area (Å²) < 4.78 is 10.3. The number of benzene rings is 2. The van der Waals surface area contributed by atoms with E-state index in [-0.39, 0.29) is 5.91 Å². The summed E-state index contributed by atoms with van der Waals surface area (Å²) in [7, 11) is 0. The van der Waals surface area contributed by atoms with Crippen LogP contribution in [0.25, 0.3) is 6.08 Å². The highest BCUT2D eigenvalue weighted by Crippen LogP contribution is 2.15. The van der Waals surface area contributed by atoms with E-state index in [1.807, 2.05) is 31.2 Å². The highest BCUT2D eigenvalue weighted by atomic mass is 16.5. The zero-order valence-corrected chi connectivity index (χ0v) is 17.9. The zero-order chi connectivity index (χ0) is 22.9. The van der Waals surface area contributed by atoms with Crippen molar-refractivity contribution in [1.82, 2.24) is 5.32 Å².